The van der Waals surface area contributed by atoms with Crippen LogP contribution in [0.25, 0.3) is 0 Å². The van der Waals surface area contributed by atoms with E-state index in [9.17, 15) is 9.90 Å². The van der Waals surface area contributed by atoms with Crippen LogP contribution in [0.15, 0.2) is 11.1 Å². The van der Waals surface area contributed by atoms with Crippen molar-refractivity contribution in [3.8, 4) is 0 Å². The molecule has 0 heterocycles. The summed E-state index contributed by atoms with van der Waals surface area (Å²) >= 11 is 0. The molecular formula is C25H48O2. The molecular weight excluding hydrogens is 332 g/mol. The second-order valence-electron chi connectivity index (χ2n) is 9.09. The van der Waals surface area contributed by atoms with Crippen molar-refractivity contribution in [1.29, 1.82) is 0 Å². The van der Waals surface area contributed by atoms with Crippen LogP contribution >= 0.6 is 0 Å². The van der Waals surface area contributed by atoms with Gasteiger partial charge in [0.05, 0.1) is 5.92 Å². The maximum atomic E-state index is 11.9. The van der Waals surface area contributed by atoms with Crippen LogP contribution in [0.1, 0.15) is 131 Å². The van der Waals surface area contributed by atoms with E-state index in [1.165, 1.54) is 75.4 Å². The van der Waals surface area contributed by atoms with Crippen molar-refractivity contribution in [2.45, 2.75) is 131 Å². The van der Waals surface area contributed by atoms with E-state index in [4.69, 9.17) is 0 Å². The minimum atomic E-state index is -0.629. The lowest BCUT2D eigenvalue weighted by atomic mass is 9.69. The zero-order chi connectivity index (χ0) is 20.7. The highest BCUT2D eigenvalue weighted by atomic mass is 16.4. The fourth-order valence-electron chi connectivity index (χ4n) is 4.09. The zero-order valence-electron chi connectivity index (χ0n) is 19.3. The Hall–Kier alpha value is -0.790. The smallest absolute Gasteiger partial charge is 0.307 e. The van der Waals surface area contributed by atoms with E-state index in [1.54, 1.807) is 0 Å². The molecule has 0 aliphatic carbocycles. The van der Waals surface area contributed by atoms with Crippen LogP contribution in [0.5, 0.6) is 0 Å². The highest BCUT2D eigenvalue weighted by Crippen LogP contribution is 2.40. The summed E-state index contributed by atoms with van der Waals surface area (Å²) in [6, 6.07) is 0. The summed E-state index contributed by atoms with van der Waals surface area (Å²) in [7, 11) is 0. The fourth-order valence-corrected chi connectivity index (χ4v) is 4.09. The third-order valence-corrected chi connectivity index (χ3v) is 6.53. The summed E-state index contributed by atoms with van der Waals surface area (Å²) in [4.78, 5) is 11.9. The fraction of sp³-hybridized carbons (Fsp3) is 0.880. The average molecular weight is 381 g/mol. The Bertz CT molecular complexity index is 420. The van der Waals surface area contributed by atoms with Crippen LogP contribution in [-0.4, -0.2) is 11.1 Å². The van der Waals surface area contributed by atoms with Crippen LogP contribution in [0, 0.1) is 11.3 Å². The molecule has 0 spiro atoms. The number of unbranched alkanes of at least 4 members (excludes halogenated alkanes) is 10. The number of carboxylic acids is 1. The van der Waals surface area contributed by atoms with E-state index in [-0.39, 0.29) is 11.3 Å². The Morgan fingerprint density at radius 2 is 1.22 bits per heavy atom. The Morgan fingerprint density at radius 3 is 1.70 bits per heavy atom. The molecule has 1 N–H and O–H groups in total. The maximum absolute atomic E-state index is 11.9. The van der Waals surface area contributed by atoms with Crippen LogP contribution in [0.2, 0.25) is 0 Å². The molecule has 2 heteroatoms. The molecule has 0 bridgehead atoms. The van der Waals surface area contributed by atoms with Crippen molar-refractivity contribution in [2.24, 2.45) is 11.3 Å². The Balaban J connectivity index is 4.52. The number of aliphatic carboxylic acids is 1. The van der Waals surface area contributed by atoms with E-state index >= 15 is 0 Å². The van der Waals surface area contributed by atoms with Gasteiger partial charge in [0.15, 0.2) is 0 Å². The van der Waals surface area contributed by atoms with Crippen molar-refractivity contribution < 1.29 is 9.90 Å². The minimum Gasteiger partial charge on any atom is -0.481 e. The van der Waals surface area contributed by atoms with Gasteiger partial charge in [-0.1, -0.05) is 109 Å². The first-order chi connectivity index (χ1) is 12.8. The summed E-state index contributed by atoms with van der Waals surface area (Å²) in [5.41, 5.74) is 2.45. The second kappa shape index (κ2) is 15.2. The first kappa shape index (κ1) is 26.2. The molecule has 0 aromatic heterocycles. The van der Waals surface area contributed by atoms with Gasteiger partial charge in [0.1, 0.15) is 0 Å². The Labute approximate surface area is 170 Å². The molecule has 0 aliphatic heterocycles. The number of allylic oxidation sites excluding steroid dienone is 2. The quantitative estimate of drug-likeness (QED) is 0.203. The lowest BCUT2D eigenvalue weighted by Gasteiger charge is -2.34. The standard InChI is InChI=1S/C25H48O2/c1-7-9-11-13-14-15-16-17-19-21(3)22(4)25(5,6)23(24(26)27)20-18-12-10-8-2/h23H,7-20H2,1-6H3,(H,26,27). The SMILES string of the molecule is CCCCCCCCCCC(C)=C(C)C(C)(C)C(CCCCCC)C(=O)O. The van der Waals surface area contributed by atoms with E-state index < -0.39 is 5.97 Å². The summed E-state index contributed by atoms with van der Waals surface area (Å²) in [5, 5.41) is 9.81. The van der Waals surface area contributed by atoms with E-state index in [0.29, 0.717) is 0 Å². The largest absolute Gasteiger partial charge is 0.481 e. The number of carboxylic acid groups (broad SMARTS) is 1. The molecule has 0 amide bonds. The van der Waals surface area contributed by atoms with Gasteiger partial charge in [-0.25, -0.2) is 0 Å². The molecule has 0 saturated heterocycles. The van der Waals surface area contributed by atoms with Gasteiger partial charge in [0.2, 0.25) is 0 Å². The molecule has 0 fully saturated rings. The predicted molar refractivity (Wildman–Crippen MR) is 119 cm³/mol. The summed E-state index contributed by atoms with van der Waals surface area (Å²) in [6.07, 6.45) is 17.2. The molecule has 0 radical (unpaired) electrons. The normalized spacial score (nSPS) is 14.1. The first-order valence-electron chi connectivity index (χ1n) is 11.7. The summed E-state index contributed by atoms with van der Waals surface area (Å²) < 4.78 is 0. The van der Waals surface area contributed by atoms with Crippen LogP contribution in [0.3, 0.4) is 0 Å². The van der Waals surface area contributed by atoms with Crippen LogP contribution in [-0.2, 0) is 4.79 Å². The minimum absolute atomic E-state index is 0.262. The van der Waals surface area contributed by atoms with Gasteiger partial charge in [-0.2, -0.15) is 0 Å². The molecule has 0 aliphatic rings. The van der Waals surface area contributed by atoms with E-state index in [1.807, 2.05) is 0 Å². The number of rotatable bonds is 17. The third kappa shape index (κ3) is 11.0. The molecule has 1 unspecified atom stereocenters. The second-order valence-corrected chi connectivity index (χ2v) is 9.09. The highest BCUT2D eigenvalue weighted by molar-refractivity contribution is 5.71. The molecule has 160 valence electrons. The van der Waals surface area contributed by atoms with Gasteiger partial charge in [0, 0.05) is 0 Å². The monoisotopic (exact) mass is 380 g/mol. The molecule has 2 nitrogen and oxygen atoms in total. The van der Waals surface area contributed by atoms with Crippen molar-refractivity contribution in [2.75, 3.05) is 0 Å². The summed E-state index contributed by atoms with van der Waals surface area (Å²) in [6.45, 7) is 13.1. The van der Waals surface area contributed by atoms with Crippen molar-refractivity contribution >= 4 is 5.97 Å². The molecule has 0 rings (SSSR count). The van der Waals surface area contributed by atoms with Gasteiger partial charge in [-0.15, -0.1) is 0 Å². The van der Waals surface area contributed by atoms with E-state index in [0.717, 1.165) is 25.7 Å². The molecule has 0 saturated carbocycles. The lowest BCUT2D eigenvalue weighted by Crippen LogP contribution is -2.32. The average Bonchev–Trinajstić information content (AvgIpc) is 2.62. The summed E-state index contributed by atoms with van der Waals surface area (Å²) in [5.74, 6) is -0.904. The van der Waals surface area contributed by atoms with Gasteiger partial charge in [0.25, 0.3) is 0 Å². The number of carbonyl (C=O) groups is 1. The highest BCUT2D eigenvalue weighted by Gasteiger charge is 2.36. The Morgan fingerprint density at radius 1 is 0.778 bits per heavy atom. The van der Waals surface area contributed by atoms with Crippen molar-refractivity contribution in [1.82, 2.24) is 0 Å². The maximum Gasteiger partial charge on any atom is 0.307 e. The molecule has 0 aromatic rings. The molecule has 1 atom stereocenters. The predicted octanol–water partition coefficient (Wildman–Crippen LogP) is 8.55. The molecule has 27 heavy (non-hydrogen) atoms. The van der Waals surface area contributed by atoms with Crippen molar-refractivity contribution in [3.63, 3.8) is 0 Å². The Kier molecular flexibility index (Phi) is 14.7. The van der Waals surface area contributed by atoms with Gasteiger partial charge in [-0.05, 0) is 38.5 Å². The topological polar surface area (TPSA) is 37.3 Å². The zero-order valence-corrected chi connectivity index (χ0v) is 19.3. The number of hydrogen-bond acceptors (Lipinski definition) is 1. The number of hydrogen-bond donors (Lipinski definition) is 1. The third-order valence-electron chi connectivity index (χ3n) is 6.53. The van der Waals surface area contributed by atoms with Crippen LogP contribution in [0.4, 0.5) is 0 Å². The van der Waals surface area contributed by atoms with Crippen LogP contribution < -0.4 is 0 Å². The van der Waals surface area contributed by atoms with Gasteiger partial charge >= 0.3 is 5.97 Å². The van der Waals surface area contributed by atoms with E-state index in [2.05, 4.69) is 41.5 Å². The van der Waals surface area contributed by atoms with Gasteiger partial charge in [-0.3, -0.25) is 4.79 Å². The first-order valence-corrected chi connectivity index (χ1v) is 11.7. The molecule has 0 aromatic carbocycles. The van der Waals surface area contributed by atoms with Crippen molar-refractivity contribution in [3.05, 3.63) is 11.1 Å². The lowest BCUT2D eigenvalue weighted by molar-refractivity contribution is -0.145. The van der Waals surface area contributed by atoms with Gasteiger partial charge < -0.3 is 5.11 Å².